The van der Waals surface area contributed by atoms with Gasteiger partial charge in [0.15, 0.2) is 0 Å². The van der Waals surface area contributed by atoms with Crippen molar-refractivity contribution >= 4 is 11.6 Å². The van der Waals surface area contributed by atoms with Crippen LogP contribution in [0.25, 0.3) is 0 Å². The van der Waals surface area contributed by atoms with Gasteiger partial charge < -0.3 is 0 Å². The molecule has 1 aliphatic carbocycles. The van der Waals surface area contributed by atoms with E-state index in [4.69, 9.17) is 11.6 Å². The number of alkyl halides is 1. The van der Waals surface area contributed by atoms with E-state index in [0.717, 1.165) is 6.42 Å². The Labute approximate surface area is 129 Å². The summed E-state index contributed by atoms with van der Waals surface area (Å²) in [6.45, 7) is 2.27. The minimum absolute atomic E-state index is 0.219. The van der Waals surface area contributed by atoms with Gasteiger partial charge in [-0.1, -0.05) is 70.1 Å². The minimum Gasteiger partial charge on any atom is -0.118 e. The third-order valence-electron chi connectivity index (χ3n) is 4.55. The largest absolute Gasteiger partial charge is 0.118 e. The van der Waals surface area contributed by atoms with E-state index in [2.05, 4.69) is 25.1 Å². The highest BCUT2D eigenvalue weighted by Crippen LogP contribution is 2.31. The molecule has 20 heavy (non-hydrogen) atoms. The number of benzene rings is 1. The van der Waals surface area contributed by atoms with E-state index in [1.165, 1.54) is 69.8 Å². The van der Waals surface area contributed by atoms with Crippen LogP contribution in [0.4, 0.5) is 0 Å². The Morgan fingerprint density at radius 2 is 1.65 bits per heavy atom. The average Bonchev–Trinajstić information content (AvgIpc) is 2.93. The lowest BCUT2D eigenvalue weighted by molar-refractivity contribution is 0.572. The first-order chi connectivity index (χ1) is 9.81. The molecule has 1 unspecified atom stereocenters. The molecule has 0 saturated carbocycles. The SMILES string of the molecule is CCCCCCCCCC(Cl)c1ccc2c(c1)CCC2. The lowest BCUT2D eigenvalue weighted by Gasteiger charge is -2.11. The van der Waals surface area contributed by atoms with Crippen LogP contribution in [0, 0.1) is 0 Å². The van der Waals surface area contributed by atoms with Gasteiger partial charge in [-0.15, -0.1) is 11.6 Å². The highest BCUT2D eigenvalue weighted by Gasteiger charge is 2.14. The zero-order valence-corrected chi connectivity index (χ0v) is 13.7. The van der Waals surface area contributed by atoms with E-state index in [-0.39, 0.29) is 5.38 Å². The van der Waals surface area contributed by atoms with Crippen LogP contribution in [0.1, 0.15) is 86.8 Å². The van der Waals surface area contributed by atoms with Crippen LogP contribution in [-0.2, 0) is 12.8 Å². The fourth-order valence-electron chi connectivity index (χ4n) is 3.23. The second-order valence-electron chi connectivity index (χ2n) is 6.26. The van der Waals surface area contributed by atoms with E-state index >= 15 is 0 Å². The Morgan fingerprint density at radius 1 is 0.950 bits per heavy atom. The van der Waals surface area contributed by atoms with Crippen LogP contribution in [0.3, 0.4) is 0 Å². The maximum atomic E-state index is 6.57. The number of hydrogen-bond acceptors (Lipinski definition) is 0. The number of hydrogen-bond donors (Lipinski definition) is 0. The molecule has 0 N–H and O–H groups in total. The predicted molar refractivity (Wildman–Crippen MR) is 89.7 cm³/mol. The average molecular weight is 293 g/mol. The van der Waals surface area contributed by atoms with Crippen molar-refractivity contribution in [3.63, 3.8) is 0 Å². The maximum absolute atomic E-state index is 6.57. The second-order valence-corrected chi connectivity index (χ2v) is 6.79. The van der Waals surface area contributed by atoms with Gasteiger partial charge in [0.05, 0.1) is 5.38 Å². The summed E-state index contributed by atoms with van der Waals surface area (Å²) in [6.07, 6.45) is 14.5. The lowest BCUT2D eigenvalue weighted by atomic mass is 10.0. The summed E-state index contributed by atoms with van der Waals surface area (Å²) in [6, 6.07) is 6.92. The number of rotatable bonds is 9. The summed E-state index contributed by atoms with van der Waals surface area (Å²) in [4.78, 5) is 0. The van der Waals surface area contributed by atoms with Crippen LogP contribution in [0.5, 0.6) is 0 Å². The molecule has 1 heteroatoms. The van der Waals surface area contributed by atoms with Gasteiger partial charge in [-0.05, 0) is 42.4 Å². The van der Waals surface area contributed by atoms with Gasteiger partial charge in [-0.2, -0.15) is 0 Å². The summed E-state index contributed by atoms with van der Waals surface area (Å²) in [5, 5.41) is 0.219. The smallest absolute Gasteiger partial charge is 0.0585 e. The van der Waals surface area contributed by atoms with Crippen LogP contribution >= 0.6 is 11.6 Å². The maximum Gasteiger partial charge on any atom is 0.0585 e. The van der Waals surface area contributed by atoms with Crippen molar-refractivity contribution in [3.05, 3.63) is 34.9 Å². The Balaban J connectivity index is 1.66. The van der Waals surface area contributed by atoms with Gasteiger partial charge in [0.25, 0.3) is 0 Å². The van der Waals surface area contributed by atoms with E-state index in [1.807, 2.05) is 0 Å². The number of halogens is 1. The van der Waals surface area contributed by atoms with Gasteiger partial charge in [0.2, 0.25) is 0 Å². The van der Waals surface area contributed by atoms with Gasteiger partial charge in [-0.3, -0.25) is 0 Å². The van der Waals surface area contributed by atoms with Crippen LogP contribution < -0.4 is 0 Å². The summed E-state index contributed by atoms with van der Waals surface area (Å²) in [5.74, 6) is 0. The molecule has 0 heterocycles. The molecule has 2 rings (SSSR count). The first-order valence-electron chi connectivity index (χ1n) is 8.57. The molecule has 0 saturated heterocycles. The highest BCUT2D eigenvalue weighted by molar-refractivity contribution is 6.20. The fourth-order valence-corrected chi connectivity index (χ4v) is 3.52. The molecule has 0 radical (unpaired) electrons. The molecule has 0 spiro atoms. The molecular formula is C19H29Cl. The topological polar surface area (TPSA) is 0 Å². The van der Waals surface area contributed by atoms with Crippen molar-refractivity contribution < 1.29 is 0 Å². The van der Waals surface area contributed by atoms with Crippen molar-refractivity contribution in [1.82, 2.24) is 0 Å². The Hall–Kier alpha value is -0.490. The van der Waals surface area contributed by atoms with Crippen molar-refractivity contribution in [2.45, 2.75) is 82.9 Å². The molecule has 1 atom stereocenters. The zero-order chi connectivity index (χ0) is 14.2. The van der Waals surface area contributed by atoms with Gasteiger partial charge >= 0.3 is 0 Å². The van der Waals surface area contributed by atoms with Crippen LogP contribution in [-0.4, -0.2) is 0 Å². The van der Waals surface area contributed by atoms with E-state index in [1.54, 1.807) is 11.1 Å². The monoisotopic (exact) mass is 292 g/mol. The molecule has 1 aliphatic rings. The number of aryl methyl sites for hydroxylation is 2. The van der Waals surface area contributed by atoms with Crippen LogP contribution in [0.15, 0.2) is 18.2 Å². The third-order valence-corrected chi connectivity index (χ3v) is 5.02. The van der Waals surface area contributed by atoms with E-state index in [0.29, 0.717) is 0 Å². The Morgan fingerprint density at radius 3 is 2.45 bits per heavy atom. The normalized spacial score (nSPS) is 15.3. The quantitative estimate of drug-likeness (QED) is 0.355. The lowest BCUT2D eigenvalue weighted by Crippen LogP contribution is -1.93. The second kappa shape index (κ2) is 8.72. The minimum atomic E-state index is 0.219. The molecule has 0 fully saturated rings. The predicted octanol–water partition coefficient (Wildman–Crippen LogP) is 6.60. The Bertz CT molecular complexity index is 397. The molecule has 0 amide bonds. The van der Waals surface area contributed by atoms with E-state index in [9.17, 15) is 0 Å². The zero-order valence-electron chi connectivity index (χ0n) is 13.0. The van der Waals surface area contributed by atoms with Gasteiger partial charge in [0, 0.05) is 0 Å². The molecule has 1 aromatic rings. The van der Waals surface area contributed by atoms with Crippen molar-refractivity contribution in [2.24, 2.45) is 0 Å². The molecule has 0 aromatic heterocycles. The van der Waals surface area contributed by atoms with Crippen molar-refractivity contribution in [1.29, 1.82) is 0 Å². The van der Waals surface area contributed by atoms with Crippen molar-refractivity contribution in [3.8, 4) is 0 Å². The van der Waals surface area contributed by atoms with Gasteiger partial charge in [-0.25, -0.2) is 0 Å². The first-order valence-corrected chi connectivity index (χ1v) is 9.00. The molecule has 0 aliphatic heterocycles. The number of fused-ring (bicyclic) bond motifs is 1. The van der Waals surface area contributed by atoms with Gasteiger partial charge in [0.1, 0.15) is 0 Å². The third kappa shape index (κ3) is 4.81. The molecule has 112 valence electrons. The molecular weight excluding hydrogens is 264 g/mol. The summed E-state index contributed by atoms with van der Waals surface area (Å²) < 4.78 is 0. The molecule has 0 bridgehead atoms. The van der Waals surface area contributed by atoms with E-state index < -0.39 is 0 Å². The fraction of sp³-hybridized carbons (Fsp3) is 0.684. The molecule has 1 aromatic carbocycles. The van der Waals surface area contributed by atoms with Crippen molar-refractivity contribution in [2.75, 3.05) is 0 Å². The highest BCUT2D eigenvalue weighted by atomic mass is 35.5. The Kier molecular flexibility index (Phi) is 6.93. The summed E-state index contributed by atoms with van der Waals surface area (Å²) >= 11 is 6.57. The standard InChI is InChI=1S/C19H29Cl/c1-2-3-4-5-6-7-8-12-19(20)18-14-13-16-10-9-11-17(16)15-18/h13-15,19H,2-12H2,1H3. The van der Waals surface area contributed by atoms with Crippen LogP contribution in [0.2, 0.25) is 0 Å². The number of unbranched alkanes of at least 4 members (excludes halogenated alkanes) is 6. The summed E-state index contributed by atoms with van der Waals surface area (Å²) in [5.41, 5.74) is 4.44. The first kappa shape index (κ1) is 15.9. The molecule has 0 nitrogen and oxygen atoms in total. The summed E-state index contributed by atoms with van der Waals surface area (Å²) in [7, 11) is 0.